The molecule has 3 rings (SSSR count). The van der Waals surface area contributed by atoms with Crippen LogP contribution in [0.15, 0.2) is 24.3 Å². The zero-order valence-electron chi connectivity index (χ0n) is 11.4. The van der Waals surface area contributed by atoms with Gasteiger partial charge in [0.2, 0.25) is 11.5 Å². The van der Waals surface area contributed by atoms with Crippen molar-refractivity contribution < 1.29 is 25.2 Å². The average Bonchev–Trinajstić information content (AvgIpc) is 2.80. The standard InChI is InChI=1S/C15H10BClO5/c16-11-10(12(19)14(21)15(22)13(11)20)8-4-9(18)7-3-5(17)1-2-6(7)8/h1-4,19-22H,16H2. The summed E-state index contributed by atoms with van der Waals surface area (Å²) in [7, 11) is 1.46. The highest BCUT2D eigenvalue weighted by Gasteiger charge is 2.29. The highest BCUT2D eigenvalue weighted by atomic mass is 35.5. The maximum Gasteiger partial charge on any atom is 0.204 e. The van der Waals surface area contributed by atoms with E-state index in [-0.39, 0.29) is 16.8 Å². The Labute approximate surface area is 131 Å². The molecule has 1 aliphatic rings. The number of fused-ring (bicyclic) bond motifs is 1. The SMILES string of the molecule is Bc1c(O)c(O)c(O)c(O)c1C1=CC(=O)c2cc(Cl)ccc21. The number of allylic oxidation sites excluding steroid dienone is 1. The van der Waals surface area contributed by atoms with E-state index in [1.54, 1.807) is 12.1 Å². The molecule has 22 heavy (non-hydrogen) atoms. The molecule has 0 atom stereocenters. The van der Waals surface area contributed by atoms with Crippen molar-refractivity contribution in [2.75, 3.05) is 0 Å². The number of benzene rings is 2. The first-order valence-corrected chi connectivity index (χ1v) is 6.73. The minimum atomic E-state index is -0.839. The van der Waals surface area contributed by atoms with E-state index in [9.17, 15) is 25.2 Å². The molecule has 0 unspecified atom stereocenters. The van der Waals surface area contributed by atoms with Crippen LogP contribution in [0.1, 0.15) is 21.5 Å². The summed E-state index contributed by atoms with van der Waals surface area (Å²) in [5.74, 6) is -3.09. The predicted octanol–water partition coefficient (Wildman–Crippen LogP) is 1.05. The smallest absolute Gasteiger partial charge is 0.204 e. The predicted molar refractivity (Wildman–Crippen MR) is 84.1 cm³/mol. The number of hydrogen-bond donors (Lipinski definition) is 4. The number of rotatable bonds is 1. The zero-order valence-corrected chi connectivity index (χ0v) is 12.1. The van der Waals surface area contributed by atoms with Crippen molar-refractivity contribution >= 4 is 36.3 Å². The fraction of sp³-hybridized carbons (Fsp3) is 0. The molecule has 2 aromatic carbocycles. The highest BCUT2D eigenvalue weighted by molar-refractivity contribution is 6.39. The van der Waals surface area contributed by atoms with Crippen LogP contribution in [0.5, 0.6) is 23.0 Å². The molecule has 0 saturated carbocycles. The lowest BCUT2D eigenvalue weighted by atomic mass is 9.83. The topological polar surface area (TPSA) is 98.0 Å². The van der Waals surface area contributed by atoms with Crippen LogP contribution in [-0.2, 0) is 0 Å². The Morgan fingerprint density at radius 1 is 0.909 bits per heavy atom. The molecule has 0 radical (unpaired) electrons. The molecule has 110 valence electrons. The fourth-order valence-electron chi connectivity index (χ4n) is 2.59. The van der Waals surface area contributed by atoms with Crippen molar-refractivity contribution in [2.45, 2.75) is 0 Å². The number of carbonyl (C=O) groups excluding carboxylic acids is 1. The maximum atomic E-state index is 12.1. The fourth-order valence-corrected chi connectivity index (χ4v) is 2.77. The summed E-state index contributed by atoms with van der Waals surface area (Å²) in [6, 6.07) is 4.72. The summed E-state index contributed by atoms with van der Waals surface area (Å²) < 4.78 is 0. The van der Waals surface area contributed by atoms with Gasteiger partial charge < -0.3 is 20.4 Å². The highest BCUT2D eigenvalue weighted by Crippen LogP contribution is 2.47. The van der Waals surface area contributed by atoms with Crippen molar-refractivity contribution in [3.8, 4) is 23.0 Å². The summed E-state index contributed by atoms with van der Waals surface area (Å²) in [5.41, 5.74) is 1.47. The Hall–Kier alpha value is -2.60. The minimum absolute atomic E-state index is 0.0854. The summed E-state index contributed by atoms with van der Waals surface area (Å²) in [4.78, 5) is 12.1. The van der Waals surface area contributed by atoms with E-state index in [1.807, 2.05) is 0 Å². The van der Waals surface area contributed by atoms with Crippen molar-refractivity contribution in [3.63, 3.8) is 0 Å². The molecule has 1 aliphatic carbocycles. The zero-order chi connectivity index (χ0) is 16.2. The van der Waals surface area contributed by atoms with Crippen molar-refractivity contribution in [1.82, 2.24) is 0 Å². The third-order valence-corrected chi connectivity index (χ3v) is 3.96. The molecule has 0 heterocycles. The Balaban J connectivity index is 2.32. The monoisotopic (exact) mass is 316 g/mol. The molecule has 0 bridgehead atoms. The van der Waals surface area contributed by atoms with Gasteiger partial charge in [0.1, 0.15) is 7.85 Å². The molecule has 4 N–H and O–H groups in total. The van der Waals surface area contributed by atoms with Gasteiger partial charge in [-0.25, -0.2) is 0 Å². The molecule has 0 fully saturated rings. The molecule has 0 saturated heterocycles. The molecular weight excluding hydrogens is 306 g/mol. The second-order valence-corrected chi connectivity index (χ2v) is 5.44. The number of hydrogen-bond acceptors (Lipinski definition) is 5. The van der Waals surface area contributed by atoms with Crippen LogP contribution < -0.4 is 5.46 Å². The number of aromatic hydroxyl groups is 4. The van der Waals surface area contributed by atoms with E-state index >= 15 is 0 Å². The van der Waals surface area contributed by atoms with Crippen LogP contribution in [0.3, 0.4) is 0 Å². The van der Waals surface area contributed by atoms with Gasteiger partial charge in [-0.05, 0) is 34.8 Å². The van der Waals surface area contributed by atoms with Gasteiger partial charge in [0.05, 0.1) is 0 Å². The van der Waals surface area contributed by atoms with Crippen LogP contribution in [0, 0.1) is 0 Å². The van der Waals surface area contributed by atoms with Gasteiger partial charge in [-0.15, -0.1) is 0 Å². The third-order valence-electron chi connectivity index (χ3n) is 3.72. The summed E-state index contributed by atoms with van der Waals surface area (Å²) in [5, 5.41) is 39.6. The molecule has 0 amide bonds. The Morgan fingerprint density at radius 2 is 1.55 bits per heavy atom. The number of halogens is 1. The second kappa shape index (κ2) is 4.71. The van der Waals surface area contributed by atoms with Gasteiger partial charge in [0, 0.05) is 16.1 Å². The van der Waals surface area contributed by atoms with Crippen molar-refractivity contribution in [3.05, 3.63) is 46.0 Å². The third kappa shape index (κ3) is 1.84. The van der Waals surface area contributed by atoms with Crippen LogP contribution in [-0.4, -0.2) is 34.1 Å². The lowest BCUT2D eigenvalue weighted by Gasteiger charge is -2.15. The summed E-state index contributed by atoms with van der Waals surface area (Å²) in [6.45, 7) is 0. The first kappa shape index (κ1) is 14.3. The van der Waals surface area contributed by atoms with Crippen LogP contribution in [0.2, 0.25) is 5.02 Å². The number of phenols is 4. The van der Waals surface area contributed by atoms with Gasteiger partial charge in [-0.2, -0.15) is 0 Å². The van der Waals surface area contributed by atoms with E-state index in [0.29, 0.717) is 21.7 Å². The Morgan fingerprint density at radius 3 is 2.23 bits per heavy atom. The number of carbonyl (C=O) groups is 1. The van der Waals surface area contributed by atoms with Gasteiger partial charge in [0.25, 0.3) is 0 Å². The van der Waals surface area contributed by atoms with E-state index in [1.165, 1.54) is 20.0 Å². The molecule has 2 aromatic rings. The van der Waals surface area contributed by atoms with Crippen molar-refractivity contribution in [1.29, 1.82) is 0 Å². The molecule has 0 spiro atoms. The summed E-state index contributed by atoms with van der Waals surface area (Å²) >= 11 is 5.88. The van der Waals surface area contributed by atoms with Gasteiger partial charge in [-0.3, -0.25) is 4.79 Å². The van der Waals surface area contributed by atoms with Gasteiger partial charge in [-0.1, -0.05) is 17.7 Å². The first-order chi connectivity index (χ1) is 10.3. The van der Waals surface area contributed by atoms with E-state index < -0.39 is 23.0 Å². The quantitative estimate of drug-likeness (QED) is 0.358. The van der Waals surface area contributed by atoms with Crippen LogP contribution >= 0.6 is 11.6 Å². The van der Waals surface area contributed by atoms with Crippen LogP contribution in [0.4, 0.5) is 0 Å². The van der Waals surface area contributed by atoms with E-state index in [0.717, 1.165) is 0 Å². The average molecular weight is 317 g/mol. The normalized spacial score (nSPS) is 13.1. The van der Waals surface area contributed by atoms with Crippen molar-refractivity contribution in [2.24, 2.45) is 0 Å². The first-order valence-electron chi connectivity index (χ1n) is 6.35. The molecule has 0 aromatic heterocycles. The molecule has 7 heteroatoms. The van der Waals surface area contributed by atoms with Crippen LogP contribution in [0.25, 0.3) is 5.57 Å². The van der Waals surface area contributed by atoms with E-state index in [4.69, 9.17) is 11.6 Å². The second-order valence-electron chi connectivity index (χ2n) is 5.01. The molecule has 0 aliphatic heterocycles. The lowest BCUT2D eigenvalue weighted by molar-refractivity contribution is 0.105. The Kier molecular flexibility index (Phi) is 3.07. The number of phenolic OH excluding ortho intramolecular Hbond substituents is 4. The molecule has 5 nitrogen and oxygen atoms in total. The Bertz CT molecular complexity index is 844. The van der Waals surface area contributed by atoms with Gasteiger partial charge in [0.15, 0.2) is 17.3 Å². The number of ketones is 1. The molecular formula is C15H10BClO5. The van der Waals surface area contributed by atoms with E-state index in [2.05, 4.69) is 0 Å². The van der Waals surface area contributed by atoms with Gasteiger partial charge >= 0.3 is 0 Å². The summed E-state index contributed by atoms with van der Waals surface area (Å²) in [6.07, 6.45) is 1.29. The lowest BCUT2D eigenvalue weighted by Crippen LogP contribution is -2.11. The maximum absolute atomic E-state index is 12.1. The largest absolute Gasteiger partial charge is 0.505 e. The minimum Gasteiger partial charge on any atom is -0.505 e.